The lowest BCUT2D eigenvalue weighted by atomic mass is 9.94. The number of ether oxygens (including phenoxy) is 2. The summed E-state index contributed by atoms with van der Waals surface area (Å²) in [5.41, 5.74) is 1.20. The molecule has 1 saturated carbocycles. The van der Waals surface area contributed by atoms with Crippen LogP contribution >= 0.6 is 35.7 Å². The lowest BCUT2D eigenvalue weighted by Gasteiger charge is -2.43. The zero-order chi connectivity index (χ0) is 19.1. The third-order valence-corrected chi connectivity index (χ3v) is 6.61. The molecular weight excluding hydrogens is 487 g/mol. The van der Waals surface area contributed by atoms with Crippen molar-refractivity contribution in [3.63, 3.8) is 0 Å². The highest BCUT2D eigenvalue weighted by molar-refractivity contribution is 14.0. The van der Waals surface area contributed by atoms with E-state index in [1.807, 2.05) is 25.2 Å². The molecular formula is C20H33IN4O2S. The molecule has 1 aromatic rings. The Kier molecular flexibility index (Phi) is 9.49. The fourth-order valence-corrected chi connectivity index (χ4v) is 5.06. The van der Waals surface area contributed by atoms with Crippen LogP contribution < -0.4 is 20.1 Å². The lowest BCUT2D eigenvalue weighted by Crippen LogP contribution is -2.57. The molecule has 1 aliphatic heterocycles. The van der Waals surface area contributed by atoms with Gasteiger partial charge in [0.2, 0.25) is 0 Å². The van der Waals surface area contributed by atoms with Gasteiger partial charge in [0.05, 0.1) is 14.2 Å². The summed E-state index contributed by atoms with van der Waals surface area (Å²) in [6.07, 6.45) is 5.20. The Morgan fingerprint density at radius 1 is 1.14 bits per heavy atom. The SMILES string of the molecule is CN=C(NCC1(N2CCSCC2)CCCC1)Nc1ccc(OC)c(OC)c1.I. The maximum Gasteiger partial charge on any atom is 0.195 e. The van der Waals surface area contributed by atoms with Gasteiger partial charge in [-0.2, -0.15) is 11.8 Å². The first-order chi connectivity index (χ1) is 13.2. The summed E-state index contributed by atoms with van der Waals surface area (Å²) >= 11 is 2.07. The van der Waals surface area contributed by atoms with E-state index in [1.54, 1.807) is 14.2 Å². The predicted octanol–water partition coefficient (Wildman–Crippen LogP) is 3.67. The number of nitrogens with zero attached hydrogens (tertiary/aromatic N) is 2. The van der Waals surface area contributed by atoms with Crippen molar-refractivity contribution in [3.05, 3.63) is 18.2 Å². The fourth-order valence-electron chi connectivity index (χ4n) is 4.15. The molecule has 2 fully saturated rings. The molecule has 28 heavy (non-hydrogen) atoms. The maximum absolute atomic E-state index is 5.39. The van der Waals surface area contributed by atoms with Crippen LogP contribution in [-0.2, 0) is 0 Å². The van der Waals surface area contributed by atoms with E-state index >= 15 is 0 Å². The van der Waals surface area contributed by atoms with Crippen LogP contribution in [-0.4, -0.2) is 68.8 Å². The first kappa shape index (κ1) is 23.4. The second-order valence-corrected chi connectivity index (χ2v) is 8.38. The van der Waals surface area contributed by atoms with Crippen LogP contribution in [0, 0.1) is 0 Å². The van der Waals surface area contributed by atoms with E-state index in [9.17, 15) is 0 Å². The predicted molar refractivity (Wildman–Crippen MR) is 130 cm³/mol. The van der Waals surface area contributed by atoms with Gasteiger partial charge in [-0.15, -0.1) is 24.0 Å². The Hall–Kier alpha value is -0.870. The van der Waals surface area contributed by atoms with Gasteiger partial charge in [-0.3, -0.25) is 9.89 Å². The molecule has 8 heteroatoms. The highest BCUT2D eigenvalue weighted by atomic mass is 127. The summed E-state index contributed by atoms with van der Waals surface area (Å²) in [4.78, 5) is 7.13. The monoisotopic (exact) mass is 520 g/mol. The third-order valence-electron chi connectivity index (χ3n) is 5.67. The van der Waals surface area contributed by atoms with Gasteiger partial charge in [-0.05, 0) is 25.0 Å². The van der Waals surface area contributed by atoms with Crippen LogP contribution in [0.4, 0.5) is 5.69 Å². The summed E-state index contributed by atoms with van der Waals surface area (Å²) in [5.74, 6) is 4.72. The molecule has 2 aliphatic rings. The van der Waals surface area contributed by atoms with E-state index in [4.69, 9.17) is 9.47 Å². The first-order valence-corrected chi connectivity index (χ1v) is 10.9. The van der Waals surface area contributed by atoms with Crippen molar-refractivity contribution in [2.45, 2.75) is 31.2 Å². The van der Waals surface area contributed by atoms with E-state index in [0.29, 0.717) is 5.75 Å². The molecule has 0 bridgehead atoms. The first-order valence-electron chi connectivity index (χ1n) is 9.73. The number of aliphatic imine (C=N–C) groups is 1. The van der Waals surface area contributed by atoms with Gasteiger partial charge in [-0.1, -0.05) is 12.8 Å². The average molecular weight is 520 g/mol. The molecule has 6 nitrogen and oxygen atoms in total. The smallest absolute Gasteiger partial charge is 0.195 e. The van der Waals surface area contributed by atoms with Gasteiger partial charge in [0.25, 0.3) is 0 Å². The number of anilines is 1. The minimum atomic E-state index is 0. The van der Waals surface area contributed by atoms with Gasteiger partial charge in [-0.25, -0.2) is 0 Å². The van der Waals surface area contributed by atoms with Crippen molar-refractivity contribution in [2.24, 2.45) is 4.99 Å². The maximum atomic E-state index is 5.39. The number of benzene rings is 1. The topological polar surface area (TPSA) is 58.1 Å². The average Bonchev–Trinajstić information content (AvgIpc) is 3.21. The molecule has 0 spiro atoms. The van der Waals surface area contributed by atoms with Crippen LogP contribution in [0.3, 0.4) is 0 Å². The quantitative estimate of drug-likeness (QED) is 0.339. The molecule has 1 aliphatic carbocycles. The van der Waals surface area contributed by atoms with Crippen molar-refractivity contribution < 1.29 is 9.47 Å². The number of guanidine groups is 1. The second kappa shape index (κ2) is 11.3. The highest BCUT2D eigenvalue weighted by Gasteiger charge is 2.39. The Balaban J connectivity index is 0.00000280. The molecule has 0 unspecified atom stereocenters. The number of hydrogen-bond donors (Lipinski definition) is 2. The van der Waals surface area contributed by atoms with E-state index in [2.05, 4.69) is 32.3 Å². The van der Waals surface area contributed by atoms with Crippen molar-refractivity contribution >= 4 is 47.4 Å². The Bertz CT molecular complexity index is 647. The summed E-state index contributed by atoms with van der Waals surface area (Å²) in [6.45, 7) is 3.34. The van der Waals surface area contributed by atoms with Gasteiger partial charge < -0.3 is 20.1 Å². The van der Waals surface area contributed by atoms with Gasteiger partial charge in [0, 0.05) is 55.5 Å². The molecule has 1 aromatic carbocycles. The fraction of sp³-hybridized carbons (Fsp3) is 0.650. The van der Waals surface area contributed by atoms with Crippen LogP contribution in [0.15, 0.2) is 23.2 Å². The molecule has 0 aromatic heterocycles. The Labute approximate surface area is 190 Å². The number of rotatable bonds is 6. The second-order valence-electron chi connectivity index (χ2n) is 7.15. The molecule has 0 radical (unpaired) electrons. The lowest BCUT2D eigenvalue weighted by molar-refractivity contribution is 0.107. The summed E-state index contributed by atoms with van der Waals surface area (Å²) in [5, 5.41) is 6.96. The van der Waals surface area contributed by atoms with Gasteiger partial charge >= 0.3 is 0 Å². The third kappa shape index (κ3) is 5.60. The van der Waals surface area contributed by atoms with E-state index in [-0.39, 0.29) is 29.5 Å². The number of hydrogen-bond acceptors (Lipinski definition) is 5. The van der Waals surface area contributed by atoms with Crippen molar-refractivity contribution in [2.75, 3.05) is 57.7 Å². The van der Waals surface area contributed by atoms with Crippen LogP contribution in [0.25, 0.3) is 0 Å². The summed E-state index contributed by atoms with van der Waals surface area (Å²) in [7, 11) is 5.11. The summed E-state index contributed by atoms with van der Waals surface area (Å²) in [6, 6.07) is 5.80. The van der Waals surface area contributed by atoms with Crippen LogP contribution in [0.2, 0.25) is 0 Å². The van der Waals surface area contributed by atoms with Crippen LogP contribution in [0.1, 0.15) is 25.7 Å². The zero-order valence-corrected chi connectivity index (χ0v) is 20.3. The van der Waals surface area contributed by atoms with E-state index in [1.165, 1.54) is 50.3 Å². The molecule has 158 valence electrons. The number of thioether (sulfide) groups is 1. The minimum absolute atomic E-state index is 0. The standard InChI is InChI=1S/C20H32N4O2S.HI/c1-21-19(23-16-6-7-17(25-2)18(14-16)26-3)22-15-20(8-4-5-9-20)24-10-12-27-13-11-24;/h6-7,14H,4-5,8-13,15H2,1-3H3,(H2,21,22,23);1H. The zero-order valence-electron chi connectivity index (χ0n) is 17.1. The van der Waals surface area contributed by atoms with Crippen LogP contribution in [0.5, 0.6) is 11.5 Å². The largest absolute Gasteiger partial charge is 0.493 e. The Morgan fingerprint density at radius 3 is 2.43 bits per heavy atom. The van der Waals surface area contributed by atoms with E-state index in [0.717, 1.165) is 23.9 Å². The molecule has 0 amide bonds. The molecule has 3 rings (SSSR count). The molecule has 0 atom stereocenters. The Morgan fingerprint density at radius 2 is 1.82 bits per heavy atom. The number of halogens is 1. The minimum Gasteiger partial charge on any atom is -0.493 e. The van der Waals surface area contributed by atoms with E-state index < -0.39 is 0 Å². The van der Waals surface area contributed by atoms with Crippen molar-refractivity contribution in [1.29, 1.82) is 0 Å². The normalized spacial score (nSPS) is 19.6. The van der Waals surface area contributed by atoms with Gasteiger partial charge in [0.1, 0.15) is 0 Å². The number of methoxy groups -OCH3 is 2. The van der Waals surface area contributed by atoms with Crippen molar-refractivity contribution in [1.82, 2.24) is 10.2 Å². The summed E-state index contributed by atoms with van der Waals surface area (Å²) < 4.78 is 10.7. The highest BCUT2D eigenvalue weighted by Crippen LogP contribution is 2.36. The molecule has 2 N–H and O–H groups in total. The van der Waals surface area contributed by atoms with Crippen molar-refractivity contribution in [3.8, 4) is 11.5 Å². The van der Waals surface area contributed by atoms with Gasteiger partial charge in [0.15, 0.2) is 17.5 Å². The number of nitrogens with one attached hydrogen (secondary N) is 2. The molecule has 1 heterocycles. The molecule has 1 saturated heterocycles.